The molecule has 0 spiro atoms. The van der Waals surface area contributed by atoms with E-state index in [1.807, 2.05) is 30.5 Å². The predicted octanol–water partition coefficient (Wildman–Crippen LogP) is 2.35. The van der Waals surface area contributed by atoms with Gasteiger partial charge in [-0.1, -0.05) is 12.1 Å². The number of nitrogens with zero attached hydrogens (tertiary/aromatic N) is 2. The Kier molecular flexibility index (Phi) is 1.96. The largest absolute Gasteiger partial charge is 0.252 e. The minimum absolute atomic E-state index is 0.954. The van der Waals surface area contributed by atoms with E-state index in [-0.39, 0.29) is 0 Å². The summed E-state index contributed by atoms with van der Waals surface area (Å²) in [7, 11) is 0. The smallest absolute Gasteiger partial charge is 0.115 e. The molecule has 0 bridgehead atoms. The van der Waals surface area contributed by atoms with Gasteiger partial charge in [0.05, 0.1) is 17.2 Å². The van der Waals surface area contributed by atoms with E-state index in [9.17, 15) is 0 Å². The second kappa shape index (κ2) is 3.11. The Morgan fingerprint density at radius 1 is 1.17 bits per heavy atom. The zero-order chi connectivity index (χ0) is 8.39. The maximum absolute atomic E-state index is 4.39. The molecule has 1 aromatic carbocycles. The number of para-hydroxylation sites is 2. The van der Waals surface area contributed by atoms with Gasteiger partial charge in [0.2, 0.25) is 0 Å². The van der Waals surface area contributed by atoms with Crippen LogP contribution in [0.25, 0.3) is 11.0 Å². The normalized spacial score (nSPS) is 10.4. The fourth-order valence-electron chi connectivity index (χ4n) is 1.04. The van der Waals surface area contributed by atoms with Crippen molar-refractivity contribution in [3.63, 3.8) is 0 Å². The van der Waals surface area contributed by atoms with E-state index in [0.717, 1.165) is 16.1 Å². The molecule has 0 amide bonds. The van der Waals surface area contributed by atoms with Crippen LogP contribution >= 0.6 is 11.8 Å². The first-order valence-electron chi connectivity index (χ1n) is 3.66. The van der Waals surface area contributed by atoms with Crippen molar-refractivity contribution in [1.82, 2.24) is 9.97 Å². The number of fused-ring (bicyclic) bond motifs is 1. The molecular weight excluding hydrogens is 168 g/mol. The number of benzene rings is 1. The minimum atomic E-state index is 0.954. The number of rotatable bonds is 1. The average Bonchev–Trinajstić information content (AvgIpc) is 2.17. The lowest BCUT2D eigenvalue weighted by atomic mass is 10.3. The SMILES string of the molecule is CSc1cnc2ccccc2n1. The standard InChI is InChI=1S/C9H8N2S/c1-12-9-6-10-7-4-2-3-5-8(7)11-9/h2-6H,1H3. The van der Waals surface area contributed by atoms with Crippen molar-refractivity contribution in [2.75, 3.05) is 6.26 Å². The van der Waals surface area contributed by atoms with E-state index in [1.54, 1.807) is 18.0 Å². The van der Waals surface area contributed by atoms with Gasteiger partial charge in [-0.2, -0.15) is 0 Å². The van der Waals surface area contributed by atoms with Crippen molar-refractivity contribution in [1.29, 1.82) is 0 Å². The summed E-state index contributed by atoms with van der Waals surface area (Å²) in [5.41, 5.74) is 1.92. The Balaban J connectivity index is 2.67. The summed E-state index contributed by atoms with van der Waals surface area (Å²) in [5, 5.41) is 0.966. The van der Waals surface area contributed by atoms with Gasteiger partial charge in [-0.3, -0.25) is 4.98 Å². The number of hydrogen-bond donors (Lipinski definition) is 0. The van der Waals surface area contributed by atoms with Crippen LogP contribution in [0.5, 0.6) is 0 Å². The van der Waals surface area contributed by atoms with Crippen LogP contribution in [0.1, 0.15) is 0 Å². The van der Waals surface area contributed by atoms with Gasteiger partial charge in [0.1, 0.15) is 5.03 Å². The van der Waals surface area contributed by atoms with Crippen molar-refractivity contribution in [3.05, 3.63) is 30.5 Å². The van der Waals surface area contributed by atoms with Crippen LogP contribution < -0.4 is 0 Å². The Morgan fingerprint density at radius 2 is 1.92 bits per heavy atom. The van der Waals surface area contributed by atoms with Gasteiger partial charge < -0.3 is 0 Å². The van der Waals surface area contributed by atoms with E-state index in [4.69, 9.17) is 0 Å². The predicted molar refractivity (Wildman–Crippen MR) is 51.3 cm³/mol. The first kappa shape index (κ1) is 7.55. The molecule has 0 saturated carbocycles. The molecule has 0 saturated heterocycles. The van der Waals surface area contributed by atoms with Crippen LogP contribution in [0.15, 0.2) is 35.5 Å². The summed E-state index contributed by atoms with van der Waals surface area (Å²) in [4.78, 5) is 8.66. The van der Waals surface area contributed by atoms with Gasteiger partial charge in [0.15, 0.2) is 0 Å². The zero-order valence-corrected chi connectivity index (χ0v) is 7.51. The highest BCUT2D eigenvalue weighted by atomic mass is 32.2. The Bertz CT molecular complexity index is 400. The topological polar surface area (TPSA) is 25.8 Å². The van der Waals surface area contributed by atoms with Gasteiger partial charge in [-0.15, -0.1) is 11.8 Å². The summed E-state index contributed by atoms with van der Waals surface area (Å²) >= 11 is 1.61. The van der Waals surface area contributed by atoms with E-state index < -0.39 is 0 Å². The van der Waals surface area contributed by atoms with Crippen LogP contribution in [0, 0.1) is 0 Å². The van der Waals surface area contributed by atoms with Crippen LogP contribution in [-0.4, -0.2) is 16.2 Å². The summed E-state index contributed by atoms with van der Waals surface area (Å²) in [6.45, 7) is 0. The van der Waals surface area contributed by atoms with Crippen molar-refractivity contribution >= 4 is 22.8 Å². The van der Waals surface area contributed by atoms with Crippen LogP contribution in [0.3, 0.4) is 0 Å². The zero-order valence-electron chi connectivity index (χ0n) is 6.69. The molecule has 0 atom stereocenters. The molecule has 60 valence electrons. The van der Waals surface area contributed by atoms with Crippen LogP contribution in [0.2, 0.25) is 0 Å². The summed E-state index contributed by atoms with van der Waals surface area (Å²) in [6.07, 6.45) is 3.80. The molecule has 0 unspecified atom stereocenters. The molecule has 2 aromatic rings. The van der Waals surface area contributed by atoms with Crippen molar-refractivity contribution in [2.24, 2.45) is 0 Å². The molecule has 0 radical (unpaired) electrons. The quantitative estimate of drug-likeness (QED) is 0.624. The lowest BCUT2D eigenvalue weighted by Gasteiger charge is -1.97. The fraction of sp³-hybridized carbons (Fsp3) is 0.111. The van der Waals surface area contributed by atoms with Crippen molar-refractivity contribution in [3.8, 4) is 0 Å². The number of aromatic nitrogens is 2. The van der Waals surface area contributed by atoms with Crippen molar-refractivity contribution in [2.45, 2.75) is 5.03 Å². The fourth-order valence-corrected chi connectivity index (χ4v) is 1.39. The van der Waals surface area contributed by atoms with Gasteiger partial charge in [-0.05, 0) is 18.4 Å². The van der Waals surface area contributed by atoms with Gasteiger partial charge in [0.25, 0.3) is 0 Å². The Labute approximate surface area is 75.0 Å². The summed E-state index contributed by atoms with van der Waals surface area (Å²) < 4.78 is 0. The maximum Gasteiger partial charge on any atom is 0.115 e. The first-order valence-corrected chi connectivity index (χ1v) is 4.88. The van der Waals surface area contributed by atoms with Gasteiger partial charge in [0, 0.05) is 0 Å². The van der Waals surface area contributed by atoms with Gasteiger partial charge in [-0.25, -0.2) is 4.98 Å². The molecule has 12 heavy (non-hydrogen) atoms. The molecule has 2 rings (SSSR count). The van der Waals surface area contributed by atoms with E-state index in [0.29, 0.717) is 0 Å². The lowest BCUT2D eigenvalue weighted by Crippen LogP contribution is -1.84. The Hall–Kier alpha value is -1.09. The summed E-state index contributed by atoms with van der Waals surface area (Å²) in [6, 6.07) is 7.88. The number of hydrogen-bond acceptors (Lipinski definition) is 3. The third-order valence-corrected chi connectivity index (χ3v) is 2.25. The third-order valence-electron chi connectivity index (χ3n) is 1.64. The third kappa shape index (κ3) is 1.28. The van der Waals surface area contributed by atoms with E-state index in [2.05, 4.69) is 9.97 Å². The molecular formula is C9H8N2S. The Morgan fingerprint density at radius 3 is 2.67 bits per heavy atom. The second-order valence-electron chi connectivity index (χ2n) is 2.40. The number of thioether (sulfide) groups is 1. The average molecular weight is 176 g/mol. The molecule has 0 aliphatic heterocycles. The highest BCUT2D eigenvalue weighted by Gasteiger charge is 1.95. The van der Waals surface area contributed by atoms with E-state index in [1.165, 1.54) is 0 Å². The second-order valence-corrected chi connectivity index (χ2v) is 3.23. The lowest BCUT2D eigenvalue weighted by molar-refractivity contribution is 1.12. The molecule has 1 aromatic heterocycles. The highest BCUT2D eigenvalue weighted by Crippen LogP contribution is 2.14. The van der Waals surface area contributed by atoms with Crippen molar-refractivity contribution < 1.29 is 0 Å². The monoisotopic (exact) mass is 176 g/mol. The summed E-state index contributed by atoms with van der Waals surface area (Å²) in [5.74, 6) is 0. The molecule has 0 aliphatic carbocycles. The van der Waals surface area contributed by atoms with E-state index >= 15 is 0 Å². The minimum Gasteiger partial charge on any atom is -0.252 e. The molecule has 0 N–H and O–H groups in total. The highest BCUT2D eigenvalue weighted by molar-refractivity contribution is 7.98. The van der Waals surface area contributed by atoms with Crippen LogP contribution in [-0.2, 0) is 0 Å². The molecule has 0 fully saturated rings. The molecule has 3 heteroatoms. The first-order chi connectivity index (χ1) is 5.90. The van der Waals surface area contributed by atoms with Gasteiger partial charge >= 0.3 is 0 Å². The molecule has 1 heterocycles. The van der Waals surface area contributed by atoms with Crippen LogP contribution in [0.4, 0.5) is 0 Å². The maximum atomic E-state index is 4.39. The molecule has 2 nitrogen and oxygen atoms in total. The molecule has 0 aliphatic rings.